The average Bonchev–Trinajstić information content (AvgIpc) is 2.56. The summed E-state index contributed by atoms with van der Waals surface area (Å²) in [5.74, 6) is -0.858. The molecule has 3 N–H and O–H groups in total. The maximum Gasteiger partial charge on any atom is 0.303 e. The summed E-state index contributed by atoms with van der Waals surface area (Å²) in [6.45, 7) is 5.17. The molecule has 0 saturated heterocycles. The van der Waals surface area contributed by atoms with E-state index in [4.69, 9.17) is 5.11 Å². The fourth-order valence-corrected chi connectivity index (χ4v) is 2.53. The van der Waals surface area contributed by atoms with Gasteiger partial charge >= 0.3 is 5.97 Å². The van der Waals surface area contributed by atoms with Crippen LogP contribution in [0.4, 0.5) is 0 Å². The van der Waals surface area contributed by atoms with Gasteiger partial charge in [0.2, 0.25) is 5.91 Å². The second kappa shape index (κ2) is 7.90. The summed E-state index contributed by atoms with van der Waals surface area (Å²) in [7, 11) is 0. The largest absolute Gasteiger partial charge is 0.481 e. The lowest BCUT2D eigenvalue weighted by Crippen LogP contribution is -2.45. The van der Waals surface area contributed by atoms with E-state index in [2.05, 4.69) is 20.3 Å². The molecule has 0 radical (unpaired) electrons. The Morgan fingerprint density at radius 2 is 1.92 bits per heavy atom. The van der Waals surface area contributed by atoms with Crippen molar-refractivity contribution in [3.05, 3.63) is 46.1 Å². The number of hydrogen-bond acceptors (Lipinski definition) is 5. The molecule has 0 saturated carbocycles. The third-order valence-corrected chi connectivity index (χ3v) is 3.96. The molecule has 0 fully saturated rings. The molecule has 0 aliphatic rings. The number of carbonyl (C=O) groups excluding carboxylic acids is 1. The third kappa shape index (κ3) is 5.23. The Bertz CT molecular complexity index is 859. The molecular formula is C18H22N4O4. The molecule has 26 heavy (non-hydrogen) atoms. The van der Waals surface area contributed by atoms with Crippen LogP contribution < -0.4 is 10.9 Å². The van der Waals surface area contributed by atoms with E-state index >= 15 is 0 Å². The molecule has 0 unspecified atom stereocenters. The number of hydrogen-bond donors (Lipinski definition) is 3. The Morgan fingerprint density at radius 3 is 2.50 bits per heavy atom. The first-order valence-corrected chi connectivity index (χ1v) is 8.21. The summed E-state index contributed by atoms with van der Waals surface area (Å²) >= 11 is 0. The molecule has 2 aromatic rings. The van der Waals surface area contributed by atoms with Gasteiger partial charge in [0.05, 0.1) is 6.42 Å². The minimum atomic E-state index is -0.921. The molecule has 1 amide bonds. The highest BCUT2D eigenvalue weighted by Gasteiger charge is 2.23. The predicted molar refractivity (Wildman–Crippen MR) is 95.6 cm³/mol. The van der Waals surface area contributed by atoms with Crippen LogP contribution in [0.3, 0.4) is 0 Å². The number of nitrogens with zero attached hydrogens (tertiary/aromatic N) is 2. The van der Waals surface area contributed by atoms with Crippen LogP contribution in [0.2, 0.25) is 0 Å². The lowest BCUT2D eigenvalue weighted by molar-refractivity contribution is -0.137. The predicted octanol–water partition coefficient (Wildman–Crippen LogP) is 1.44. The quantitative estimate of drug-likeness (QED) is 0.688. The molecule has 8 heteroatoms. The van der Waals surface area contributed by atoms with E-state index in [1.807, 2.05) is 0 Å². The summed E-state index contributed by atoms with van der Waals surface area (Å²) < 4.78 is 0. The van der Waals surface area contributed by atoms with Crippen molar-refractivity contribution in [3.63, 3.8) is 0 Å². The number of aryl methyl sites for hydroxylation is 1. The molecule has 0 aromatic carbocycles. The Labute approximate surface area is 150 Å². The van der Waals surface area contributed by atoms with E-state index in [0.29, 0.717) is 17.9 Å². The minimum Gasteiger partial charge on any atom is -0.481 e. The number of carbonyl (C=O) groups is 2. The second-order valence-corrected chi connectivity index (χ2v) is 6.72. The molecule has 0 aliphatic carbocycles. The van der Waals surface area contributed by atoms with Crippen LogP contribution in [-0.4, -0.2) is 37.5 Å². The molecule has 138 valence electrons. The van der Waals surface area contributed by atoms with E-state index in [-0.39, 0.29) is 29.9 Å². The molecule has 2 aromatic heterocycles. The van der Waals surface area contributed by atoms with Crippen molar-refractivity contribution in [3.8, 4) is 11.4 Å². The zero-order valence-electron chi connectivity index (χ0n) is 15.0. The maximum absolute atomic E-state index is 12.4. The molecule has 2 heterocycles. The van der Waals surface area contributed by atoms with Gasteiger partial charge < -0.3 is 15.4 Å². The second-order valence-electron chi connectivity index (χ2n) is 6.72. The summed E-state index contributed by atoms with van der Waals surface area (Å²) in [5, 5.41) is 11.5. The van der Waals surface area contributed by atoms with E-state index in [1.54, 1.807) is 45.3 Å². The lowest BCUT2D eigenvalue weighted by Gasteiger charge is -2.25. The lowest BCUT2D eigenvalue weighted by atomic mass is 9.98. The molecule has 2 rings (SSSR count). The van der Waals surface area contributed by atoms with Gasteiger partial charge in [0.1, 0.15) is 5.82 Å². The van der Waals surface area contributed by atoms with Crippen LogP contribution in [0.1, 0.15) is 37.9 Å². The number of aromatic amines is 1. The van der Waals surface area contributed by atoms with Crippen LogP contribution in [0, 0.1) is 6.92 Å². The summed E-state index contributed by atoms with van der Waals surface area (Å²) in [4.78, 5) is 46.3. The number of amides is 1. The average molecular weight is 358 g/mol. The monoisotopic (exact) mass is 358 g/mol. The van der Waals surface area contributed by atoms with Crippen LogP contribution in [0.5, 0.6) is 0 Å². The number of aliphatic carboxylic acids is 1. The first-order valence-electron chi connectivity index (χ1n) is 8.21. The van der Waals surface area contributed by atoms with Crippen LogP contribution in [0.15, 0.2) is 29.3 Å². The maximum atomic E-state index is 12.4. The number of nitrogens with one attached hydrogen (secondary N) is 2. The van der Waals surface area contributed by atoms with Crippen molar-refractivity contribution >= 4 is 11.9 Å². The van der Waals surface area contributed by atoms with E-state index < -0.39 is 11.5 Å². The third-order valence-electron chi connectivity index (χ3n) is 3.96. The normalized spacial score (nSPS) is 11.2. The van der Waals surface area contributed by atoms with Crippen molar-refractivity contribution in [2.75, 3.05) is 0 Å². The van der Waals surface area contributed by atoms with Crippen molar-refractivity contribution in [1.82, 2.24) is 20.3 Å². The van der Waals surface area contributed by atoms with Gasteiger partial charge in [0.15, 0.2) is 0 Å². The number of carboxylic acid groups (broad SMARTS) is 1. The standard InChI is InChI=1S/C18H22N4O4/c1-11-13(10-14(23)22-18(2,3)7-4-15(24)25)17(26)21-16(20-11)12-5-8-19-9-6-12/h5-6,8-9H,4,7,10H2,1-3H3,(H,22,23)(H,24,25)(H,20,21,26). The van der Waals surface area contributed by atoms with Crippen LogP contribution in [-0.2, 0) is 16.0 Å². The van der Waals surface area contributed by atoms with Gasteiger partial charge in [-0.3, -0.25) is 19.4 Å². The molecule has 8 nitrogen and oxygen atoms in total. The van der Waals surface area contributed by atoms with E-state index in [9.17, 15) is 14.4 Å². The van der Waals surface area contributed by atoms with Crippen molar-refractivity contribution in [2.45, 2.75) is 45.6 Å². The molecule has 0 spiro atoms. The topological polar surface area (TPSA) is 125 Å². The van der Waals surface area contributed by atoms with Crippen molar-refractivity contribution in [2.24, 2.45) is 0 Å². The van der Waals surface area contributed by atoms with Crippen molar-refractivity contribution < 1.29 is 14.7 Å². The van der Waals surface area contributed by atoms with E-state index in [0.717, 1.165) is 5.56 Å². The number of H-pyrrole nitrogens is 1. The zero-order chi connectivity index (χ0) is 19.3. The summed E-state index contributed by atoms with van der Waals surface area (Å²) in [5.41, 5.74) is 0.433. The van der Waals surface area contributed by atoms with E-state index in [1.165, 1.54) is 0 Å². The van der Waals surface area contributed by atoms with Gasteiger partial charge in [-0.25, -0.2) is 4.98 Å². The highest BCUT2D eigenvalue weighted by Crippen LogP contribution is 2.14. The molecular weight excluding hydrogens is 336 g/mol. The Morgan fingerprint density at radius 1 is 1.27 bits per heavy atom. The summed E-state index contributed by atoms with van der Waals surface area (Å²) in [6, 6.07) is 3.46. The van der Waals surface area contributed by atoms with Crippen LogP contribution in [0.25, 0.3) is 11.4 Å². The minimum absolute atomic E-state index is 0.0466. The molecule has 0 bridgehead atoms. The fourth-order valence-electron chi connectivity index (χ4n) is 2.53. The number of rotatable bonds is 7. The van der Waals surface area contributed by atoms with Crippen molar-refractivity contribution in [1.29, 1.82) is 0 Å². The number of pyridine rings is 1. The first-order chi connectivity index (χ1) is 12.2. The Balaban J connectivity index is 2.13. The summed E-state index contributed by atoms with van der Waals surface area (Å²) in [6.07, 6.45) is 3.33. The highest BCUT2D eigenvalue weighted by atomic mass is 16.4. The Kier molecular flexibility index (Phi) is 5.86. The van der Waals surface area contributed by atoms with Gasteiger partial charge in [-0.15, -0.1) is 0 Å². The van der Waals surface area contributed by atoms with Gasteiger partial charge in [0.25, 0.3) is 5.56 Å². The smallest absolute Gasteiger partial charge is 0.303 e. The van der Waals surface area contributed by atoms with Gasteiger partial charge in [0, 0.05) is 41.2 Å². The molecule has 0 atom stereocenters. The number of aromatic nitrogens is 3. The number of carboxylic acids is 1. The van der Waals surface area contributed by atoms with Gasteiger partial charge in [-0.1, -0.05) is 0 Å². The van der Waals surface area contributed by atoms with Crippen LogP contribution >= 0.6 is 0 Å². The highest BCUT2D eigenvalue weighted by molar-refractivity contribution is 5.79. The molecule has 0 aliphatic heterocycles. The zero-order valence-corrected chi connectivity index (χ0v) is 15.0. The van der Waals surface area contributed by atoms with Gasteiger partial charge in [-0.2, -0.15) is 0 Å². The SMILES string of the molecule is Cc1nc(-c2ccncc2)[nH]c(=O)c1CC(=O)NC(C)(C)CCC(=O)O. The van der Waals surface area contributed by atoms with Gasteiger partial charge in [-0.05, 0) is 39.3 Å². The first kappa shape index (κ1) is 19.3. The fraction of sp³-hybridized carbons (Fsp3) is 0.389. The Hall–Kier alpha value is -3.03.